The zero-order valence-corrected chi connectivity index (χ0v) is 5.30. The highest BCUT2D eigenvalue weighted by atomic mass is 31.1. The summed E-state index contributed by atoms with van der Waals surface area (Å²) in [6.45, 7) is 1.82. The van der Waals surface area contributed by atoms with Gasteiger partial charge < -0.3 is 4.89 Å². The summed E-state index contributed by atoms with van der Waals surface area (Å²) in [5, 5.41) is 3.07. The van der Waals surface area contributed by atoms with Crippen molar-refractivity contribution in [1.29, 1.82) is 0 Å². The number of oxime groups is 1. The summed E-state index contributed by atoms with van der Waals surface area (Å²) in [7, 11) is -2.81. The summed E-state index contributed by atoms with van der Waals surface area (Å²) in [4.78, 5) is 9.58. The van der Waals surface area contributed by atoms with Crippen LogP contribution in [0, 0.1) is 0 Å². The Labute approximate surface area is 48.1 Å². The first-order chi connectivity index (χ1) is 3.77. The van der Waals surface area contributed by atoms with Crippen molar-refractivity contribution in [2.24, 2.45) is 5.16 Å². The van der Waals surface area contributed by atoms with Gasteiger partial charge in [-0.25, -0.2) is 0 Å². The Bertz CT molecular complexity index is 103. The quantitative estimate of drug-likeness (QED) is 0.320. The molecule has 0 saturated heterocycles. The van der Waals surface area contributed by atoms with Crippen molar-refractivity contribution >= 4 is 14.5 Å². The van der Waals surface area contributed by atoms with Gasteiger partial charge in [0, 0.05) is 6.21 Å². The first kappa shape index (κ1) is 7.53. The number of nitrogens with zero attached hydrogens (tertiary/aromatic N) is 1. The van der Waals surface area contributed by atoms with E-state index in [1.807, 2.05) is 6.92 Å². The van der Waals surface area contributed by atoms with Crippen LogP contribution in [0.3, 0.4) is 0 Å². The van der Waals surface area contributed by atoms with Gasteiger partial charge in [0.15, 0.2) is 0 Å². The minimum absolute atomic E-state index is 0.670. The van der Waals surface area contributed by atoms with Crippen molar-refractivity contribution in [2.75, 3.05) is 0 Å². The van der Waals surface area contributed by atoms with Crippen molar-refractivity contribution in [1.82, 2.24) is 0 Å². The second-order valence-electron chi connectivity index (χ2n) is 1.00. The van der Waals surface area contributed by atoms with Gasteiger partial charge in [-0.05, 0) is 16.1 Å². The summed E-state index contributed by atoms with van der Waals surface area (Å²) >= 11 is 0. The number of hydrogen-bond donors (Lipinski definition) is 0. The Kier molecular flexibility index (Phi) is 4.41. The first-order valence-corrected chi connectivity index (χ1v) is 3.20. The summed E-state index contributed by atoms with van der Waals surface area (Å²) in [5.41, 5.74) is 0. The van der Waals surface area contributed by atoms with Crippen LogP contribution in [-0.4, -0.2) is 6.21 Å². The molecule has 0 fully saturated rings. The van der Waals surface area contributed by atoms with E-state index in [1.54, 1.807) is 0 Å². The predicted octanol–water partition coefficient (Wildman–Crippen LogP) is 0.416. The molecule has 0 amide bonds. The molecule has 0 aliphatic heterocycles. The van der Waals surface area contributed by atoms with Gasteiger partial charge in [-0.3, -0.25) is 0 Å². The maximum absolute atomic E-state index is 9.58. The van der Waals surface area contributed by atoms with Crippen LogP contribution in [0.25, 0.3) is 0 Å². The van der Waals surface area contributed by atoms with Crippen molar-refractivity contribution in [3.8, 4) is 0 Å². The van der Waals surface area contributed by atoms with Crippen LogP contribution in [0.2, 0.25) is 0 Å². The minimum Gasteiger partial charge on any atom is -0.557 e. The number of hydrogen-bond acceptors (Lipinski definition) is 4. The van der Waals surface area contributed by atoms with Crippen LogP contribution in [0.4, 0.5) is 0 Å². The molecular weight excluding hydrogens is 129 g/mol. The maximum atomic E-state index is 9.58. The largest absolute Gasteiger partial charge is 0.567 e. The molecule has 0 aromatic heterocycles. The van der Waals surface area contributed by atoms with E-state index in [1.165, 1.54) is 6.21 Å². The summed E-state index contributed by atoms with van der Waals surface area (Å²) in [6, 6.07) is 0. The predicted molar refractivity (Wildman–Crippen MR) is 27.5 cm³/mol. The Hall–Kier alpha value is -0.470. The third kappa shape index (κ3) is 5.53. The van der Waals surface area contributed by atoms with Crippen molar-refractivity contribution in [2.45, 2.75) is 13.3 Å². The van der Waals surface area contributed by atoms with E-state index in [-0.39, 0.29) is 0 Å². The van der Waals surface area contributed by atoms with E-state index in [0.717, 1.165) is 0 Å². The molecule has 4 nitrogen and oxygen atoms in total. The molecule has 0 aliphatic carbocycles. The second-order valence-corrected chi connectivity index (χ2v) is 1.61. The molecule has 1 unspecified atom stereocenters. The Morgan fingerprint density at radius 1 is 2.00 bits per heavy atom. The van der Waals surface area contributed by atoms with Gasteiger partial charge in [0.2, 0.25) is 0 Å². The van der Waals surface area contributed by atoms with E-state index < -0.39 is 8.25 Å². The van der Waals surface area contributed by atoms with Crippen LogP contribution >= 0.6 is 8.25 Å². The molecule has 0 aromatic carbocycles. The smallest absolute Gasteiger partial charge is 0.557 e. The van der Waals surface area contributed by atoms with E-state index in [9.17, 15) is 9.46 Å². The summed E-state index contributed by atoms with van der Waals surface area (Å²) in [5.74, 6) is 0. The van der Waals surface area contributed by atoms with Crippen molar-refractivity contribution in [3.05, 3.63) is 0 Å². The maximum Gasteiger partial charge on any atom is 0.567 e. The molecular formula is C3H6NO3P. The normalized spacial score (nSPS) is 12.0. The van der Waals surface area contributed by atoms with E-state index >= 15 is 0 Å². The molecule has 0 heterocycles. The summed E-state index contributed by atoms with van der Waals surface area (Å²) in [6.07, 6.45) is 2.04. The minimum atomic E-state index is -2.81. The average molecular weight is 135 g/mol. The fourth-order valence-electron chi connectivity index (χ4n) is 0.146. The molecule has 5 heteroatoms. The van der Waals surface area contributed by atoms with E-state index in [2.05, 4.69) is 9.78 Å². The topological polar surface area (TPSA) is 61.7 Å². The van der Waals surface area contributed by atoms with E-state index in [4.69, 9.17) is 0 Å². The third-order valence-corrected chi connectivity index (χ3v) is 0.599. The van der Waals surface area contributed by atoms with Crippen LogP contribution in [-0.2, 0) is 9.19 Å². The summed E-state index contributed by atoms with van der Waals surface area (Å²) < 4.78 is 13.4. The fraction of sp³-hybridized carbons (Fsp3) is 0.667. The standard InChI is InChI=1S/C3H6NO3P/c1-2-3-4-7-8(5)6/h3H,2H2,1H3. The van der Waals surface area contributed by atoms with Gasteiger partial charge in [0.1, 0.15) is 0 Å². The van der Waals surface area contributed by atoms with Gasteiger partial charge in [-0.2, -0.15) is 0 Å². The molecule has 0 spiro atoms. The van der Waals surface area contributed by atoms with Gasteiger partial charge in [-0.15, -0.1) is 4.62 Å². The second kappa shape index (κ2) is 4.68. The SMILES string of the molecule is CCC=NO[P+](=O)[O-]. The Balaban J connectivity index is 3.16. The first-order valence-electron chi connectivity index (χ1n) is 2.10. The highest BCUT2D eigenvalue weighted by molar-refractivity contribution is 7.30. The Morgan fingerprint density at radius 3 is 3.00 bits per heavy atom. The van der Waals surface area contributed by atoms with Crippen LogP contribution in [0.1, 0.15) is 13.3 Å². The molecule has 0 aliphatic rings. The molecule has 0 radical (unpaired) electrons. The third-order valence-electron chi connectivity index (χ3n) is 0.371. The lowest BCUT2D eigenvalue weighted by Gasteiger charge is -1.77. The van der Waals surface area contributed by atoms with Crippen molar-refractivity contribution < 1.29 is 14.1 Å². The highest BCUT2D eigenvalue weighted by Gasteiger charge is 1.93. The van der Waals surface area contributed by atoms with Crippen LogP contribution < -0.4 is 4.89 Å². The van der Waals surface area contributed by atoms with Gasteiger partial charge in [-0.1, -0.05) is 6.92 Å². The Morgan fingerprint density at radius 2 is 2.62 bits per heavy atom. The molecule has 46 valence electrons. The molecule has 0 rings (SSSR count). The molecule has 0 saturated carbocycles. The lowest BCUT2D eigenvalue weighted by molar-refractivity contribution is -0.185. The van der Waals surface area contributed by atoms with Gasteiger partial charge in [0.05, 0.1) is 0 Å². The fourth-order valence-corrected chi connectivity index (χ4v) is 0.290. The monoisotopic (exact) mass is 135 g/mol. The number of rotatable bonds is 3. The van der Waals surface area contributed by atoms with Crippen molar-refractivity contribution in [3.63, 3.8) is 0 Å². The zero-order chi connectivity index (χ0) is 6.41. The average Bonchev–Trinajstić information content (AvgIpc) is 1.66. The molecule has 1 atom stereocenters. The lowest BCUT2D eigenvalue weighted by atomic mass is 10.6. The van der Waals surface area contributed by atoms with Gasteiger partial charge >= 0.3 is 8.25 Å². The van der Waals surface area contributed by atoms with Gasteiger partial charge in [0.25, 0.3) is 0 Å². The molecule has 0 aromatic rings. The van der Waals surface area contributed by atoms with E-state index in [0.29, 0.717) is 6.42 Å². The molecule has 0 N–H and O–H groups in total. The van der Waals surface area contributed by atoms with Crippen LogP contribution in [0.15, 0.2) is 5.16 Å². The van der Waals surface area contributed by atoms with Crippen LogP contribution in [0.5, 0.6) is 0 Å². The lowest BCUT2D eigenvalue weighted by Crippen LogP contribution is -1.85. The zero-order valence-electron chi connectivity index (χ0n) is 4.40. The molecule has 8 heavy (non-hydrogen) atoms. The molecule has 0 bridgehead atoms. The highest BCUT2D eigenvalue weighted by Crippen LogP contribution is 2.07.